The van der Waals surface area contributed by atoms with Gasteiger partial charge in [0.2, 0.25) is 17.7 Å². The molecule has 25 heteroatoms. The predicted octanol–water partition coefficient (Wildman–Crippen LogP) is 5.83. The molecule has 23 nitrogen and oxygen atoms in total. The van der Waals surface area contributed by atoms with Crippen LogP contribution in [-0.4, -0.2) is 83.6 Å². The Kier molecular flexibility index (Phi) is 15.5. The van der Waals surface area contributed by atoms with E-state index in [0.29, 0.717) is 92.3 Å². The van der Waals surface area contributed by atoms with Gasteiger partial charge in [0.25, 0.3) is 11.8 Å². The smallest absolute Gasteiger partial charge is 0.252 e. The maximum atomic E-state index is 11.9. The molecule has 366 valence electrons. The van der Waals surface area contributed by atoms with Crippen LogP contribution in [0.1, 0.15) is 70.4 Å². The minimum Gasteiger partial charge on any atom is -0.494 e. The molecule has 0 unspecified atom stereocenters. The maximum absolute atomic E-state index is 11.9. The van der Waals surface area contributed by atoms with E-state index in [1.54, 1.807) is 50.6 Å². The first-order valence-electron chi connectivity index (χ1n) is 22.1. The van der Waals surface area contributed by atoms with Gasteiger partial charge in [-0.3, -0.25) is 24.0 Å². The number of hydrogen-bond donors (Lipinski definition) is 8. The molecule has 4 aromatic heterocycles. The highest BCUT2D eigenvalue weighted by Crippen LogP contribution is 2.38. The molecule has 6 aromatic rings. The number of carbonyl (C=O) groups is 5. The number of aromatic nitrogens is 8. The van der Waals surface area contributed by atoms with Gasteiger partial charge < -0.3 is 52.4 Å². The number of nitrogens with two attached hydrogens (primary N) is 1. The molecule has 0 saturated heterocycles. The fourth-order valence-corrected chi connectivity index (χ4v) is 7.26. The Hall–Kier alpha value is -8.31. The summed E-state index contributed by atoms with van der Waals surface area (Å²) in [5.74, 6) is 4.18. The van der Waals surface area contributed by atoms with Gasteiger partial charge in [-0.1, -0.05) is 23.2 Å². The largest absolute Gasteiger partial charge is 0.494 e. The number of halogens is 2. The molecule has 3 fully saturated rings. The van der Waals surface area contributed by atoms with Crippen LogP contribution < -0.4 is 52.4 Å². The number of rotatable bonds is 12. The number of nitrogens with one attached hydrogen (secondary N) is 7. The number of amides is 5. The molecule has 3 aliphatic carbocycles. The van der Waals surface area contributed by atoms with Crippen LogP contribution >= 0.6 is 23.2 Å². The second-order valence-electron chi connectivity index (χ2n) is 16.3. The van der Waals surface area contributed by atoms with Gasteiger partial charge in [-0.25, -0.2) is 39.9 Å². The maximum Gasteiger partial charge on any atom is 0.252 e. The Morgan fingerprint density at radius 1 is 0.535 bits per heavy atom. The molecular formula is C46H46Cl2N16O7. The van der Waals surface area contributed by atoms with Crippen LogP contribution in [0.4, 0.5) is 46.3 Å². The molecule has 6 heterocycles. The van der Waals surface area contributed by atoms with E-state index >= 15 is 0 Å². The standard InChI is InChI=1S/2C17H17N5O3.C8H8ClN3O.C4H4ClN3/c2*1-25-15-11-7-18-17(24)10(11)4-5-12(15)21-13-6-14(20-8-19-13)22-16(23)9-2-3-9;9-6-3-7(11-4-10-6)12-8(13)5-1-2-5;5-3-1-4(6)8-2-7-3/h2*4-6,8-9H,2-3,7H2,1H3,(H,18,24)(H2,19,20,21,22,23);3-5H,1-2H2,(H,10,11,12,13);1-2H,(H2,6,7,8). The van der Waals surface area contributed by atoms with Crippen LogP contribution in [0.2, 0.25) is 10.3 Å². The number of fused-ring (bicyclic) bond motifs is 2. The number of nitrogen functional groups attached to an aromatic ring is 1. The summed E-state index contributed by atoms with van der Waals surface area (Å²) in [6.45, 7) is 0.860. The molecule has 0 radical (unpaired) electrons. The first kappa shape index (κ1) is 49.1. The number of carbonyl (C=O) groups excluding carboxylic acids is 5. The Bertz CT molecular complexity index is 2830. The number of nitrogens with zero attached hydrogens (tertiary/aromatic N) is 8. The predicted molar refractivity (Wildman–Crippen MR) is 262 cm³/mol. The SMILES string of the molecule is COc1c(Nc2cc(NC(=O)C3CC3)ncn2)ccc2c1CNC2=O.COc1c(Nc2cc(NC(=O)C3CC3)ncn2)ccc2c1CNC2=O.Nc1cc(Cl)ncn1.O=C(Nc1cc(Cl)ncn1)C1CC1. The average molecular weight is 1010 g/mol. The van der Waals surface area contributed by atoms with Gasteiger partial charge in [0.1, 0.15) is 82.0 Å². The van der Waals surface area contributed by atoms with Gasteiger partial charge in [0.05, 0.1) is 25.6 Å². The number of ether oxygens (including phenoxy) is 2. The molecule has 0 bridgehead atoms. The molecule has 0 spiro atoms. The van der Waals surface area contributed by atoms with Crippen molar-refractivity contribution in [2.24, 2.45) is 17.8 Å². The minimum atomic E-state index is -0.105. The second kappa shape index (κ2) is 22.4. The number of methoxy groups -OCH3 is 2. The Morgan fingerprint density at radius 3 is 1.25 bits per heavy atom. The van der Waals surface area contributed by atoms with E-state index in [4.69, 9.17) is 38.4 Å². The number of anilines is 8. The van der Waals surface area contributed by atoms with Crippen molar-refractivity contribution in [3.63, 3.8) is 0 Å². The fourth-order valence-electron chi connectivity index (χ4n) is 6.96. The molecule has 71 heavy (non-hydrogen) atoms. The van der Waals surface area contributed by atoms with E-state index < -0.39 is 0 Å². The zero-order valence-electron chi connectivity index (χ0n) is 38.1. The first-order chi connectivity index (χ1) is 34.3. The summed E-state index contributed by atoms with van der Waals surface area (Å²) >= 11 is 11.0. The Labute approximate surface area is 415 Å². The minimum absolute atomic E-state index is 0.00986. The highest BCUT2D eigenvalue weighted by Gasteiger charge is 2.32. The topological polar surface area (TPSA) is 317 Å². The van der Waals surface area contributed by atoms with Crippen molar-refractivity contribution in [2.75, 3.05) is 46.5 Å². The highest BCUT2D eigenvalue weighted by atomic mass is 35.5. The van der Waals surface area contributed by atoms with Crippen molar-refractivity contribution in [3.05, 3.63) is 106 Å². The van der Waals surface area contributed by atoms with E-state index in [0.717, 1.165) is 49.7 Å². The zero-order chi connectivity index (χ0) is 50.0. The lowest BCUT2D eigenvalue weighted by Crippen LogP contribution is -2.14. The van der Waals surface area contributed by atoms with Crippen LogP contribution in [0, 0.1) is 17.8 Å². The molecule has 11 rings (SSSR count). The molecule has 9 N–H and O–H groups in total. The summed E-state index contributed by atoms with van der Waals surface area (Å²) in [7, 11) is 3.12. The molecule has 5 amide bonds. The van der Waals surface area contributed by atoms with Crippen molar-refractivity contribution in [1.82, 2.24) is 50.5 Å². The zero-order valence-corrected chi connectivity index (χ0v) is 39.6. The van der Waals surface area contributed by atoms with E-state index in [-0.39, 0.29) is 47.3 Å². The van der Waals surface area contributed by atoms with Crippen LogP contribution in [0.3, 0.4) is 0 Å². The summed E-state index contributed by atoms with van der Waals surface area (Å²) in [4.78, 5) is 89.8. The molecule has 3 saturated carbocycles. The quantitative estimate of drug-likeness (QED) is 0.0668. The lowest BCUT2D eigenvalue weighted by Gasteiger charge is -2.14. The summed E-state index contributed by atoms with van der Waals surface area (Å²) in [6, 6.07) is 13.4. The summed E-state index contributed by atoms with van der Waals surface area (Å²) in [5, 5.41) is 20.8. The number of hydrogen-bond acceptors (Lipinski definition) is 18. The molecule has 0 atom stereocenters. The average Bonchev–Trinajstić information content (AvgIpc) is 4.22. The van der Waals surface area contributed by atoms with Crippen molar-refractivity contribution in [2.45, 2.75) is 51.6 Å². The highest BCUT2D eigenvalue weighted by molar-refractivity contribution is 6.29. The summed E-state index contributed by atoms with van der Waals surface area (Å²) in [6.07, 6.45) is 11.1. The van der Waals surface area contributed by atoms with Gasteiger partial charge in [-0.15, -0.1) is 0 Å². The lowest BCUT2D eigenvalue weighted by molar-refractivity contribution is -0.118. The number of benzene rings is 2. The third kappa shape index (κ3) is 13.3. The fraction of sp³-hybridized carbons (Fsp3) is 0.283. The lowest BCUT2D eigenvalue weighted by atomic mass is 10.1. The van der Waals surface area contributed by atoms with Crippen molar-refractivity contribution < 1.29 is 33.4 Å². The molecule has 5 aliphatic rings. The monoisotopic (exact) mass is 1000 g/mol. The van der Waals surface area contributed by atoms with E-state index in [1.807, 2.05) is 0 Å². The van der Waals surface area contributed by atoms with Crippen molar-refractivity contribution >= 4 is 99.0 Å². The molecule has 2 aromatic carbocycles. The summed E-state index contributed by atoms with van der Waals surface area (Å²) in [5.41, 5.74) is 9.46. The van der Waals surface area contributed by atoms with Gasteiger partial charge in [-0.2, -0.15) is 0 Å². The van der Waals surface area contributed by atoms with Crippen molar-refractivity contribution in [1.29, 1.82) is 0 Å². The summed E-state index contributed by atoms with van der Waals surface area (Å²) < 4.78 is 11.0. The van der Waals surface area contributed by atoms with Gasteiger partial charge >= 0.3 is 0 Å². The van der Waals surface area contributed by atoms with Gasteiger partial charge in [-0.05, 0) is 62.8 Å². The third-order valence-electron chi connectivity index (χ3n) is 11.0. The van der Waals surface area contributed by atoms with E-state index in [1.165, 1.54) is 37.4 Å². The van der Waals surface area contributed by atoms with Crippen molar-refractivity contribution in [3.8, 4) is 11.5 Å². The van der Waals surface area contributed by atoms with Crippen LogP contribution in [0.5, 0.6) is 11.5 Å². The molecule has 2 aliphatic heterocycles. The molecular weight excluding hydrogens is 960 g/mol. The van der Waals surface area contributed by atoms with E-state index in [2.05, 4.69) is 77.1 Å². The Morgan fingerprint density at radius 2 is 0.901 bits per heavy atom. The van der Waals surface area contributed by atoms with Gasteiger partial charge in [0.15, 0.2) is 0 Å². The van der Waals surface area contributed by atoms with Crippen LogP contribution in [0.15, 0.2) is 73.8 Å². The van der Waals surface area contributed by atoms with Crippen LogP contribution in [0.25, 0.3) is 0 Å². The Balaban J connectivity index is 0.000000137. The first-order valence-corrected chi connectivity index (χ1v) is 22.9. The second-order valence-corrected chi connectivity index (χ2v) is 17.1. The normalized spacial score (nSPS) is 14.6. The van der Waals surface area contributed by atoms with Crippen LogP contribution in [-0.2, 0) is 27.5 Å². The van der Waals surface area contributed by atoms with Gasteiger partial charge in [0, 0.05) is 77.4 Å². The van der Waals surface area contributed by atoms with E-state index in [9.17, 15) is 24.0 Å². The third-order valence-corrected chi connectivity index (χ3v) is 11.4.